The Morgan fingerprint density at radius 1 is 1.18 bits per heavy atom. The molecule has 4 heteroatoms. The summed E-state index contributed by atoms with van der Waals surface area (Å²) in [6.07, 6.45) is 0. The molecular formula is C7H8O3Zr. The van der Waals surface area contributed by atoms with Gasteiger partial charge in [-0.2, -0.15) is 0 Å². The maximum absolute atomic E-state index is 10.2. The SMILES string of the molecule is O.O=C(O)c1ccccc1.[Zr]. The molecule has 0 aromatic heterocycles. The first-order valence-electron chi connectivity index (χ1n) is 2.59. The second kappa shape index (κ2) is 6.26. The van der Waals surface area contributed by atoms with Gasteiger partial charge in [0.25, 0.3) is 0 Å². The molecule has 0 saturated carbocycles. The van der Waals surface area contributed by atoms with Gasteiger partial charge < -0.3 is 10.6 Å². The van der Waals surface area contributed by atoms with Crippen molar-refractivity contribution in [2.45, 2.75) is 0 Å². The third-order valence-corrected chi connectivity index (χ3v) is 1.02. The van der Waals surface area contributed by atoms with Gasteiger partial charge in [-0.25, -0.2) is 4.79 Å². The van der Waals surface area contributed by atoms with Crippen LogP contribution in [0, 0.1) is 0 Å². The van der Waals surface area contributed by atoms with Crippen molar-refractivity contribution >= 4 is 5.97 Å². The normalized spacial score (nSPS) is 7.27. The summed E-state index contributed by atoms with van der Waals surface area (Å²) in [5, 5.41) is 8.38. The van der Waals surface area contributed by atoms with Crippen molar-refractivity contribution < 1.29 is 41.6 Å². The second-order valence-corrected chi connectivity index (χ2v) is 1.67. The smallest absolute Gasteiger partial charge is 0.335 e. The van der Waals surface area contributed by atoms with E-state index < -0.39 is 5.97 Å². The minimum Gasteiger partial charge on any atom is -0.478 e. The summed E-state index contributed by atoms with van der Waals surface area (Å²) in [5.74, 6) is -0.879. The van der Waals surface area contributed by atoms with Crippen LogP contribution < -0.4 is 0 Å². The van der Waals surface area contributed by atoms with E-state index in [9.17, 15) is 4.79 Å². The summed E-state index contributed by atoms with van der Waals surface area (Å²) < 4.78 is 0. The Morgan fingerprint density at radius 2 is 1.64 bits per heavy atom. The number of rotatable bonds is 1. The molecule has 0 aliphatic rings. The Morgan fingerprint density at radius 3 is 1.91 bits per heavy atom. The Kier molecular flexibility index (Phi) is 7.48. The maximum atomic E-state index is 10.2. The van der Waals surface area contributed by atoms with Gasteiger partial charge in [0.15, 0.2) is 0 Å². The number of carboxylic acid groups (broad SMARTS) is 1. The molecule has 0 atom stereocenters. The van der Waals surface area contributed by atoms with Crippen LogP contribution in [0.15, 0.2) is 30.3 Å². The number of carbonyl (C=O) groups is 1. The van der Waals surface area contributed by atoms with E-state index in [0.29, 0.717) is 5.56 Å². The monoisotopic (exact) mass is 230 g/mol. The van der Waals surface area contributed by atoms with Crippen LogP contribution in [0.2, 0.25) is 0 Å². The molecule has 0 aliphatic carbocycles. The van der Waals surface area contributed by atoms with Crippen LogP contribution in [0.5, 0.6) is 0 Å². The van der Waals surface area contributed by atoms with E-state index in [1.807, 2.05) is 0 Å². The van der Waals surface area contributed by atoms with Crippen molar-refractivity contribution in [1.29, 1.82) is 0 Å². The molecule has 3 N–H and O–H groups in total. The Balaban J connectivity index is 0. The molecule has 1 aromatic rings. The number of aromatic carboxylic acids is 1. The summed E-state index contributed by atoms with van der Waals surface area (Å²) in [5.41, 5.74) is 0.331. The largest absolute Gasteiger partial charge is 0.478 e. The number of hydrogen-bond acceptors (Lipinski definition) is 1. The van der Waals surface area contributed by atoms with E-state index in [4.69, 9.17) is 5.11 Å². The fraction of sp³-hybridized carbons (Fsp3) is 0. The van der Waals surface area contributed by atoms with E-state index in [1.54, 1.807) is 30.3 Å². The van der Waals surface area contributed by atoms with Crippen molar-refractivity contribution in [2.75, 3.05) is 0 Å². The van der Waals surface area contributed by atoms with Crippen LogP contribution in [-0.4, -0.2) is 16.6 Å². The molecule has 0 heterocycles. The Hall–Kier alpha value is -0.467. The molecule has 0 aliphatic heterocycles. The van der Waals surface area contributed by atoms with E-state index in [2.05, 4.69) is 0 Å². The van der Waals surface area contributed by atoms with Gasteiger partial charge in [0, 0.05) is 26.2 Å². The Bertz CT molecular complexity index is 210. The molecule has 3 nitrogen and oxygen atoms in total. The predicted molar refractivity (Wildman–Crippen MR) is 37.0 cm³/mol. The summed E-state index contributed by atoms with van der Waals surface area (Å²) >= 11 is 0. The van der Waals surface area contributed by atoms with Gasteiger partial charge in [-0.3, -0.25) is 0 Å². The first kappa shape index (κ1) is 13.1. The second-order valence-electron chi connectivity index (χ2n) is 1.67. The number of hydrogen-bond donors (Lipinski definition) is 1. The first-order valence-corrected chi connectivity index (χ1v) is 2.59. The van der Waals surface area contributed by atoms with Gasteiger partial charge in [0.2, 0.25) is 0 Å². The van der Waals surface area contributed by atoms with Crippen LogP contribution in [0.3, 0.4) is 0 Å². The molecule has 1 aromatic carbocycles. The van der Waals surface area contributed by atoms with Crippen LogP contribution in [0.1, 0.15) is 10.4 Å². The molecule has 58 valence electrons. The minimum absolute atomic E-state index is 0. The molecule has 0 amide bonds. The quantitative estimate of drug-likeness (QED) is 0.767. The zero-order chi connectivity index (χ0) is 6.69. The predicted octanol–water partition coefficient (Wildman–Crippen LogP) is 0.558. The zero-order valence-corrected chi connectivity index (χ0v) is 8.20. The molecular weight excluding hydrogens is 223 g/mol. The first-order chi connectivity index (χ1) is 4.30. The average Bonchev–Trinajstić information content (AvgIpc) is 1.90. The Labute approximate surface area is 83.5 Å². The molecule has 0 spiro atoms. The molecule has 1 rings (SSSR count). The summed E-state index contributed by atoms with van der Waals surface area (Å²) in [6.45, 7) is 0. The van der Waals surface area contributed by atoms with E-state index >= 15 is 0 Å². The van der Waals surface area contributed by atoms with Crippen molar-refractivity contribution in [1.82, 2.24) is 0 Å². The molecule has 0 saturated heterocycles. The molecule has 0 unspecified atom stereocenters. The van der Waals surface area contributed by atoms with Crippen LogP contribution in [0.25, 0.3) is 0 Å². The third kappa shape index (κ3) is 4.07. The van der Waals surface area contributed by atoms with E-state index in [1.165, 1.54) is 0 Å². The fourth-order valence-electron chi connectivity index (χ4n) is 0.581. The zero-order valence-electron chi connectivity index (χ0n) is 5.74. The molecule has 0 radical (unpaired) electrons. The average molecular weight is 231 g/mol. The van der Waals surface area contributed by atoms with Gasteiger partial charge in [0.1, 0.15) is 0 Å². The number of carboxylic acids is 1. The molecule has 0 fully saturated rings. The minimum atomic E-state index is -0.879. The fourth-order valence-corrected chi connectivity index (χ4v) is 0.581. The standard InChI is InChI=1S/C7H6O2.H2O.Zr/c8-7(9)6-4-2-1-3-5-6;;/h1-5H,(H,8,9);1H2;. The van der Waals surface area contributed by atoms with Gasteiger partial charge in [0.05, 0.1) is 5.56 Å². The number of benzene rings is 1. The van der Waals surface area contributed by atoms with Crippen LogP contribution in [0.4, 0.5) is 0 Å². The van der Waals surface area contributed by atoms with Gasteiger partial charge in [-0.1, -0.05) is 18.2 Å². The van der Waals surface area contributed by atoms with Crippen molar-refractivity contribution in [3.63, 3.8) is 0 Å². The summed E-state index contributed by atoms with van der Waals surface area (Å²) in [7, 11) is 0. The van der Waals surface area contributed by atoms with Crippen molar-refractivity contribution in [3.8, 4) is 0 Å². The van der Waals surface area contributed by atoms with Crippen LogP contribution in [-0.2, 0) is 26.2 Å². The van der Waals surface area contributed by atoms with E-state index in [0.717, 1.165) is 0 Å². The van der Waals surface area contributed by atoms with Crippen LogP contribution >= 0.6 is 0 Å². The van der Waals surface area contributed by atoms with Gasteiger partial charge >= 0.3 is 5.97 Å². The topological polar surface area (TPSA) is 68.8 Å². The maximum Gasteiger partial charge on any atom is 0.335 e. The van der Waals surface area contributed by atoms with Gasteiger partial charge in [-0.05, 0) is 12.1 Å². The molecule has 11 heavy (non-hydrogen) atoms. The summed E-state index contributed by atoms with van der Waals surface area (Å²) in [4.78, 5) is 10.2. The summed E-state index contributed by atoms with van der Waals surface area (Å²) in [6, 6.07) is 8.30. The van der Waals surface area contributed by atoms with Crippen molar-refractivity contribution in [2.24, 2.45) is 0 Å². The molecule has 0 bridgehead atoms. The van der Waals surface area contributed by atoms with Crippen molar-refractivity contribution in [3.05, 3.63) is 35.9 Å². The van der Waals surface area contributed by atoms with E-state index in [-0.39, 0.29) is 31.7 Å². The van der Waals surface area contributed by atoms with Gasteiger partial charge in [-0.15, -0.1) is 0 Å². The third-order valence-electron chi connectivity index (χ3n) is 1.02.